The Morgan fingerprint density at radius 3 is 2.31 bits per heavy atom. The third-order valence-electron chi connectivity index (χ3n) is 2.51. The van der Waals surface area contributed by atoms with E-state index in [1.807, 2.05) is 0 Å². The molecule has 1 aliphatic heterocycles. The van der Waals surface area contributed by atoms with Crippen molar-refractivity contribution in [2.75, 3.05) is 0 Å². The van der Waals surface area contributed by atoms with Crippen molar-refractivity contribution in [1.29, 1.82) is 0 Å². The van der Waals surface area contributed by atoms with Crippen molar-refractivity contribution in [2.45, 2.75) is 51.3 Å². The lowest BCUT2D eigenvalue weighted by atomic mass is 9.97. The van der Waals surface area contributed by atoms with E-state index in [1.165, 1.54) is 0 Å². The van der Waals surface area contributed by atoms with Gasteiger partial charge >= 0.3 is 6.18 Å². The lowest BCUT2D eigenvalue weighted by Gasteiger charge is -2.30. The van der Waals surface area contributed by atoms with Crippen molar-refractivity contribution in [2.24, 2.45) is 11.1 Å². The third kappa shape index (κ3) is 3.81. The second-order valence-electron chi connectivity index (χ2n) is 5.60. The van der Waals surface area contributed by atoms with Crippen LogP contribution in [-0.4, -0.2) is 26.1 Å². The quantitative estimate of drug-likeness (QED) is 0.688. The van der Waals surface area contributed by atoms with Crippen LogP contribution in [0.5, 0.6) is 0 Å². The van der Waals surface area contributed by atoms with Gasteiger partial charge in [0, 0.05) is 14.0 Å². The Morgan fingerprint density at radius 2 is 1.94 bits per heavy atom. The standard InChI is InChI=1S/C10H18F3NOSi/c1-7-5-8(6-16(2,3)4)15-14-9(7)10(11,12)13/h7-8H,5-6H2,1-4H3/t7-,8-/m1/s1. The molecule has 0 aromatic carbocycles. The highest BCUT2D eigenvalue weighted by Crippen LogP contribution is 2.31. The molecule has 6 heteroatoms. The van der Waals surface area contributed by atoms with Crippen molar-refractivity contribution in [1.82, 2.24) is 0 Å². The summed E-state index contributed by atoms with van der Waals surface area (Å²) in [4.78, 5) is 4.97. The van der Waals surface area contributed by atoms with E-state index >= 15 is 0 Å². The molecule has 0 aromatic rings. The van der Waals surface area contributed by atoms with Crippen molar-refractivity contribution in [3.05, 3.63) is 0 Å². The van der Waals surface area contributed by atoms with Gasteiger partial charge in [-0.15, -0.1) is 0 Å². The van der Waals surface area contributed by atoms with Crippen LogP contribution < -0.4 is 0 Å². The maximum absolute atomic E-state index is 12.5. The molecule has 0 bridgehead atoms. The van der Waals surface area contributed by atoms with Crippen molar-refractivity contribution in [3.8, 4) is 0 Å². The highest BCUT2D eigenvalue weighted by molar-refractivity contribution is 6.76. The third-order valence-corrected chi connectivity index (χ3v) is 4.19. The molecule has 0 radical (unpaired) electrons. The first kappa shape index (κ1) is 13.5. The summed E-state index contributed by atoms with van der Waals surface area (Å²) >= 11 is 0. The SMILES string of the molecule is C[C@@H]1C[C@H](C[Si](C)(C)C)ON=C1C(F)(F)F. The predicted molar refractivity (Wildman–Crippen MR) is 60.3 cm³/mol. The van der Waals surface area contributed by atoms with Crippen LogP contribution in [0.4, 0.5) is 13.2 Å². The average Bonchev–Trinajstić information content (AvgIpc) is 1.97. The predicted octanol–water partition coefficient (Wildman–Crippen LogP) is 3.67. The van der Waals surface area contributed by atoms with Crippen LogP contribution in [0.2, 0.25) is 25.7 Å². The van der Waals surface area contributed by atoms with E-state index in [0.717, 1.165) is 6.04 Å². The van der Waals surface area contributed by atoms with Gasteiger partial charge in [0.2, 0.25) is 0 Å². The zero-order valence-electron chi connectivity index (χ0n) is 10.1. The van der Waals surface area contributed by atoms with Gasteiger partial charge in [0.15, 0.2) is 5.71 Å². The normalized spacial score (nSPS) is 27.3. The summed E-state index contributed by atoms with van der Waals surface area (Å²) in [5.41, 5.74) is -0.778. The number of hydrogen-bond acceptors (Lipinski definition) is 2. The fourth-order valence-electron chi connectivity index (χ4n) is 1.91. The van der Waals surface area contributed by atoms with Crippen LogP contribution in [0.25, 0.3) is 0 Å². The van der Waals surface area contributed by atoms with Gasteiger partial charge in [-0.1, -0.05) is 31.7 Å². The summed E-state index contributed by atoms with van der Waals surface area (Å²) in [7, 11) is -1.32. The van der Waals surface area contributed by atoms with Gasteiger partial charge in [0.05, 0.1) is 0 Å². The molecule has 0 N–H and O–H groups in total. The Balaban J connectivity index is 2.67. The van der Waals surface area contributed by atoms with E-state index in [2.05, 4.69) is 24.8 Å². The molecule has 1 rings (SSSR count). The molecule has 0 aromatic heterocycles. The molecule has 0 aliphatic carbocycles. The zero-order valence-corrected chi connectivity index (χ0v) is 11.1. The van der Waals surface area contributed by atoms with E-state index in [4.69, 9.17) is 4.84 Å². The van der Waals surface area contributed by atoms with Gasteiger partial charge in [-0.25, -0.2) is 0 Å². The van der Waals surface area contributed by atoms with E-state index in [0.29, 0.717) is 6.42 Å². The van der Waals surface area contributed by atoms with Crippen LogP contribution in [0.15, 0.2) is 5.16 Å². The minimum atomic E-state index is -4.36. The monoisotopic (exact) mass is 253 g/mol. The maximum atomic E-state index is 12.5. The summed E-state index contributed by atoms with van der Waals surface area (Å²) in [6.07, 6.45) is -4.08. The Bertz CT molecular complexity index is 283. The smallest absolute Gasteiger partial charge is 0.393 e. The van der Waals surface area contributed by atoms with E-state index < -0.39 is 25.9 Å². The second-order valence-corrected chi connectivity index (χ2v) is 11.1. The van der Waals surface area contributed by atoms with Crippen LogP contribution >= 0.6 is 0 Å². The van der Waals surface area contributed by atoms with Crippen molar-refractivity contribution < 1.29 is 18.0 Å². The van der Waals surface area contributed by atoms with Gasteiger partial charge in [-0.05, 0) is 12.5 Å². The molecule has 0 unspecified atom stereocenters. The Morgan fingerprint density at radius 1 is 1.38 bits per heavy atom. The number of hydrogen-bond donors (Lipinski definition) is 0. The minimum absolute atomic E-state index is 0.146. The largest absolute Gasteiger partial charge is 0.432 e. The molecule has 0 spiro atoms. The first-order valence-corrected chi connectivity index (χ1v) is 9.11. The van der Waals surface area contributed by atoms with E-state index in [-0.39, 0.29) is 6.10 Å². The van der Waals surface area contributed by atoms with E-state index in [9.17, 15) is 13.2 Å². The van der Waals surface area contributed by atoms with Crippen molar-refractivity contribution >= 4 is 13.8 Å². The highest BCUT2D eigenvalue weighted by Gasteiger charge is 2.43. The molecular formula is C10H18F3NOSi. The molecule has 94 valence electrons. The molecule has 2 nitrogen and oxygen atoms in total. The number of oxime groups is 1. The number of nitrogens with zero attached hydrogens (tertiary/aromatic N) is 1. The Labute approximate surface area is 94.9 Å². The van der Waals surface area contributed by atoms with Crippen LogP contribution in [-0.2, 0) is 4.84 Å². The summed E-state index contributed by atoms with van der Waals surface area (Å²) in [5, 5.41) is 3.26. The van der Waals surface area contributed by atoms with Crippen molar-refractivity contribution in [3.63, 3.8) is 0 Å². The van der Waals surface area contributed by atoms with Gasteiger partial charge in [0.25, 0.3) is 0 Å². The number of rotatable bonds is 2. The van der Waals surface area contributed by atoms with Gasteiger partial charge in [-0.3, -0.25) is 0 Å². The van der Waals surface area contributed by atoms with Crippen LogP contribution in [0.1, 0.15) is 13.3 Å². The number of alkyl halides is 3. The molecule has 2 atom stereocenters. The lowest BCUT2D eigenvalue weighted by molar-refractivity contribution is -0.0746. The lowest BCUT2D eigenvalue weighted by Crippen LogP contribution is -2.38. The van der Waals surface area contributed by atoms with Crippen LogP contribution in [0, 0.1) is 5.92 Å². The molecule has 0 saturated carbocycles. The Hall–Kier alpha value is -0.523. The zero-order chi connectivity index (χ0) is 12.6. The topological polar surface area (TPSA) is 21.6 Å². The molecule has 1 aliphatic rings. The highest BCUT2D eigenvalue weighted by atomic mass is 28.3. The molecular weight excluding hydrogens is 235 g/mol. The molecule has 0 saturated heterocycles. The second kappa shape index (κ2) is 4.39. The number of halogens is 3. The average molecular weight is 253 g/mol. The molecule has 16 heavy (non-hydrogen) atoms. The summed E-state index contributed by atoms with van der Waals surface area (Å²) in [6, 6.07) is 0.853. The van der Waals surface area contributed by atoms with Gasteiger partial charge in [0.1, 0.15) is 6.10 Å². The first-order chi connectivity index (χ1) is 7.09. The van der Waals surface area contributed by atoms with Crippen LogP contribution in [0.3, 0.4) is 0 Å². The molecule has 1 heterocycles. The van der Waals surface area contributed by atoms with Gasteiger partial charge < -0.3 is 4.84 Å². The fourth-order valence-corrected chi connectivity index (χ4v) is 3.51. The minimum Gasteiger partial charge on any atom is -0.393 e. The Kier molecular flexibility index (Phi) is 3.71. The maximum Gasteiger partial charge on any atom is 0.432 e. The molecule has 0 fully saturated rings. The summed E-state index contributed by atoms with van der Waals surface area (Å²) in [5.74, 6) is -0.560. The van der Waals surface area contributed by atoms with E-state index in [1.54, 1.807) is 6.92 Å². The summed E-state index contributed by atoms with van der Waals surface area (Å²) < 4.78 is 37.4. The molecule has 0 amide bonds. The fraction of sp³-hybridized carbons (Fsp3) is 0.900. The summed E-state index contributed by atoms with van der Waals surface area (Å²) in [6.45, 7) is 8.07. The van der Waals surface area contributed by atoms with Gasteiger partial charge in [-0.2, -0.15) is 13.2 Å². The first-order valence-electron chi connectivity index (χ1n) is 5.40.